The lowest BCUT2D eigenvalue weighted by molar-refractivity contribution is 0.280. The van der Waals surface area contributed by atoms with Crippen LogP contribution in [0.1, 0.15) is 12.8 Å². The minimum Gasteiger partial charge on any atom is -0.493 e. The number of halogens is 1. The van der Waals surface area contributed by atoms with Crippen LogP contribution in [0.15, 0.2) is 22.7 Å². The zero-order valence-electron chi connectivity index (χ0n) is 11.1. The van der Waals surface area contributed by atoms with Gasteiger partial charge in [-0.1, -0.05) is 16.8 Å². The Hall–Kier alpha value is -1.88. The first-order chi connectivity index (χ1) is 9.67. The number of hydrogen-bond acceptors (Lipinski definition) is 5. The SMILES string of the molecule is COc1cc(-c2cc(N)no2)c(Cl)cc1OCC1CC1. The molecule has 1 aromatic carbocycles. The first-order valence-corrected chi connectivity index (χ1v) is 6.78. The third kappa shape index (κ3) is 2.67. The first-order valence-electron chi connectivity index (χ1n) is 6.40. The quantitative estimate of drug-likeness (QED) is 0.915. The monoisotopic (exact) mass is 294 g/mol. The molecule has 1 fully saturated rings. The molecule has 0 amide bonds. The highest BCUT2D eigenvalue weighted by molar-refractivity contribution is 6.33. The van der Waals surface area contributed by atoms with Crippen LogP contribution >= 0.6 is 11.6 Å². The van der Waals surface area contributed by atoms with Crippen molar-refractivity contribution in [3.63, 3.8) is 0 Å². The molecule has 1 aliphatic carbocycles. The summed E-state index contributed by atoms with van der Waals surface area (Å²) in [5.41, 5.74) is 6.22. The van der Waals surface area contributed by atoms with Crippen LogP contribution in [0.2, 0.25) is 5.02 Å². The fraction of sp³-hybridized carbons (Fsp3) is 0.357. The van der Waals surface area contributed by atoms with Gasteiger partial charge in [0.15, 0.2) is 23.1 Å². The van der Waals surface area contributed by atoms with Gasteiger partial charge in [0.2, 0.25) is 0 Å². The number of nitrogen functional groups attached to an aromatic ring is 1. The van der Waals surface area contributed by atoms with Gasteiger partial charge in [0.1, 0.15) is 0 Å². The third-order valence-electron chi connectivity index (χ3n) is 3.22. The molecule has 1 saturated carbocycles. The molecule has 1 aliphatic rings. The van der Waals surface area contributed by atoms with E-state index in [4.69, 9.17) is 31.3 Å². The van der Waals surface area contributed by atoms with E-state index in [1.807, 2.05) is 0 Å². The molecular weight excluding hydrogens is 280 g/mol. The molecule has 0 bridgehead atoms. The first kappa shape index (κ1) is 13.1. The van der Waals surface area contributed by atoms with Gasteiger partial charge in [0, 0.05) is 17.7 Å². The van der Waals surface area contributed by atoms with E-state index in [9.17, 15) is 0 Å². The van der Waals surface area contributed by atoms with Crippen molar-refractivity contribution in [2.24, 2.45) is 5.92 Å². The van der Waals surface area contributed by atoms with Crippen LogP contribution in [0, 0.1) is 5.92 Å². The molecule has 0 aliphatic heterocycles. The third-order valence-corrected chi connectivity index (χ3v) is 3.53. The van der Waals surface area contributed by atoms with Crippen molar-refractivity contribution in [3.05, 3.63) is 23.2 Å². The van der Waals surface area contributed by atoms with E-state index in [2.05, 4.69) is 5.16 Å². The molecule has 0 radical (unpaired) electrons. The number of hydrogen-bond donors (Lipinski definition) is 1. The average molecular weight is 295 g/mol. The number of methoxy groups -OCH3 is 1. The molecule has 2 N–H and O–H groups in total. The fourth-order valence-corrected chi connectivity index (χ4v) is 2.15. The minimum absolute atomic E-state index is 0.309. The minimum atomic E-state index is 0.309. The summed E-state index contributed by atoms with van der Waals surface area (Å²) in [5, 5.41) is 4.16. The molecule has 106 valence electrons. The smallest absolute Gasteiger partial charge is 0.170 e. The van der Waals surface area contributed by atoms with E-state index < -0.39 is 0 Å². The second kappa shape index (κ2) is 5.25. The fourth-order valence-electron chi connectivity index (χ4n) is 1.90. The Labute approximate surface area is 121 Å². The van der Waals surface area contributed by atoms with Gasteiger partial charge in [-0.2, -0.15) is 0 Å². The van der Waals surface area contributed by atoms with Crippen molar-refractivity contribution >= 4 is 17.4 Å². The van der Waals surface area contributed by atoms with Crippen LogP contribution in [0.5, 0.6) is 11.5 Å². The lowest BCUT2D eigenvalue weighted by Gasteiger charge is -2.12. The van der Waals surface area contributed by atoms with Crippen molar-refractivity contribution in [1.82, 2.24) is 5.16 Å². The second-order valence-corrected chi connectivity index (χ2v) is 5.26. The molecule has 0 spiro atoms. The van der Waals surface area contributed by atoms with Gasteiger partial charge in [-0.15, -0.1) is 0 Å². The van der Waals surface area contributed by atoms with Gasteiger partial charge in [-0.05, 0) is 24.8 Å². The normalized spacial score (nSPS) is 14.3. The maximum absolute atomic E-state index is 6.27. The van der Waals surface area contributed by atoms with E-state index >= 15 is 0 Å². The zero-order chi connectivity index (χ0) is 14.1. The number of benzene rings is 1. The zero-order valence-corrected chi connectivity index (χ0v) is 11.8. The summed E-state index contributed by atoms with van der Waals surface area (Å²) in [6.07, 6.45) is 2.46. The molecule has 0 saturated heterocycles. The van der Waals surface area contributed by atoms with Crippen molar-refractivity contribution in [2.45, 2.75) is 12.8 Å². The van der Waals surface area contributed by atoms with E-state index in [1.54, 1.807) is 25.3 Å². The Morgan fingerprint density at radius 2 is 2.15 bits per heavy atom. The molecule has 6 heteroatoms. The highest BCUT2D eigenvalue weighted by atomic mass is 35.5. The maximum Gasteiger partial charge on any atom is 0.170 e. The Kier molecular flexibility index (Phi) is 3.44. The molecule has 1 heterocycles. The summed E-state index contributed by atoms with van der Waals surface area (Å²) in [6.45, 7) is 0.696. The predicted octanol–water partition coefficient (Wildman–Crippen LogP) is 3.37. The van der Waals surface area contributed by atoms with Gasteiger partial charge >= 0.3 is 0 Å². The van der Waals surface area contributed by atoms with Crippen molar-refractivity contribution in [1.29, 1.82) is 0 Å². The largest absolute Gasteiger partial charge is 0.493 e. The molecule has 20 heavy (non-hydrogen) atoms. The van der Waals surface area contributed by atoms with Crippen LogP contribution in [0.3, 0.4) is 0 Å². The number of ether oxygens (including phenoxy) is 2. The van der Waals surface area contributed by atoms with Gasteiger partial charge in [-0.25, -0.2) is 0 Å². The molecule has 0 atom stereocenters. The van der Waals surface area contributed by atoms with Gasteiger partial charge < -0.3 is 19.7 Å². The summed E-state index contributed by atoms with van der Waals surface area (Å²) in [6, 6.07) is 5.12. The Morgan fingerprint density at radius 1 is 1.35 bits per heavy atom. The van der Waals surface area contributed by atoms with Gasteiger partial charge in [-0.3, -0.25) is 0 Å². The topological polar surface area (TPSA) is 70.5 Å². The number of anilines is 1. The van der Waals surface area contributed by atoms with Gasteiger partial charge in [0.05, 0.1) is 18.7 Å². The van der Waals surface area contributed by atoms with E-state index in [0.29, 0.717) is 46.2 Å². The van der Waals surface area contributed by atoms with E-state index in [-0.39, 0.29) is 0 Å². The van der Waals surface area contributed by atoms with Crippen LogP contribution in [-0.2, 0) is 0 Å². The molecule has 2 aromatic rings. The number of aromatic nitrogens is 1. The van der Waals surface area contributed by atoms with Crippen molar-refractivity contribution in [3.8, 4) is 22.8 Å². The molecule has 1 aromatic heterocycles. The molecule has 0 unspecified atom stereocenters. The standard InChI is InChI=1S/C14H15ClN2O3/c1-18-12-4-9(11-6-14(16)17-20-11)10(15)5-13(12)19-7-8-2-3-8/h4-6,8H,2-3,7H2,1H3,(H2,16,17). The summed E-state index contributed by atoms with van der Waals surface area (Å²) in [5.74, 6) is 2.72. The molecule has 3 rings (SSSR count). The Bertz CT molecular complexity index is 623. The lowest BCUT2D eigenvalue weighted by atomic mass is 10.1. The number of nitrogens with zero attached hydrogens (tertiary/aromatic N) is 1. The van der Waals surface area contributed by atoms with Crippen LogP contribution in [0.25, 0.3) is 11.3 Å². The number of nitrogens with two attached hydrogens (primary N) is 1. The highest BCUT2D eigenvalue weighted by Gasteiger charge is 2.23. The van der Waals surface area contributed by atoms with E-state index in [0.717, 1.165) is 0 Å². The van der Waals surface area contributed by atoms with Crippen molar-refractivity contribution < 1.29 is 14.0 Å². The molecule has 5 nitrogen and oxygen atoms in total. The maximum atomic E-state index is 6.27. The lowest BCUT2D eigenvalue weighted by Crippen LogP contribution is -2.01. The number of rotatable bonds is 5. The summed E-state index contributed by atoms with van der Waals surface area (Å²) < 4.78 is 16.2. The van der Waals surface area contributed by atoms with Crippen LogP contribution < -0.4 is 15.2 Å². The average Bonchev–Trinajstić information content (AvgIpc) is 3.17. The summed E-state index contributed by atoms with van der Waals surface area (Å²) in [4.78, 5) is 0. The molecular formula is C14H15ClN2O3. The van der Waals surface area contributed by atoms with Gasteiger partial charge in [0.25, 0.3) is 0 Å². The predicted molar refractivity (Wildman–Crippen MR) is 76.1 cm³/mol. The van der Waals surface area contributed by atoms with E-state index in [1.165, 1.54) is 12.8 Å². The Morgan fingerprint density at radius 3 is 2.75 bits per heavy atom. The van der Waals surface area contributed by atoms with Crippen molar-refractivity contribution in [2.75, 3.05) is 19.5 Å². The highest BCUT2D eigenvalue weighted by Crippen LogP contribution is 2.40. The summed E-state index contributed by atoms with van der Waals surface area (Å²) in [7, 11) is 1.59. The van der Waals surface area contributed by atoms with Crippen LogP contribution in [-0.4, -0.2) is 18.9 Å². The second-order valence-electron chi connectivity index (χ2n) is 4.85. The Balaban J connectivity index is 1.91. The summed E-state index contributed by atoms with van der Waals surface area (Å²) >= 11 is 6.27. The van der Waals surface area contributed by atoms with Crippen LogP contribution in [0.4, 0.5) is 5.82 Å².